The first kappa shape index (κ1) is 20.8. The summed E-state index contributed by atoms with van der Waals surface area (Å²) in [5.74, 6) is 1.16. The van der Waals surface area contributed by atoms with Gasteiger partial charge >= 0.3 is 0 Å². The van der Waals surface area contributed by atoms with Crippen LogP contribution in [0, 0.1) is 0 Å². The Labute approximate surface area is 184 Å². The summed E-state index contributed by atoms with van der Waals surface area (Å²) in [4.78, 5) is 12.5. The maximum Gasteiger partial charge on any atom is 0.166 e. The lowest BCUT2D eigenvalue weighted by atomic mass is 10.1. The van der Waals surface area contributed by atoms with Crippen molar-refractivity contribution in [3.63, 3.8) is 0 Å². The van der Waals surface area contributed by atoms with Gasteiger partial charge < -0.3 is 15.8 Å². The van der Waals surface area contributed by atoms with E-state index < -0.39 is 0 Å². The molecule has 4 rings (SSSR count). The molecule has 0 saturated carbocycles. The van der Waals surface area contributed by atoms with Gasteiger partial charge in [0, 0.05) is 46.6 Å². The fourth-order valence-electron chi connectivity index (χ4n) is 3.24. The molecule has 0 spiro atoms. The summed E-state index contributed by atoms with van der Waals surface area (Å²) in [6.45, 7) is 5.03. The van der Waals surface area contributed by atoms with E-state index in [-0.39, 0.29) is 6.61 Å². The summed E-state index contributed by atoms with van der Waals surface area (Å²) in [5.41, 5.74) is 9.65. The van der Waals surface area contributed by atoms with Crippen LogP contribution < -0.4 is 15.8 Å². The van der Waals surface area contributed by atoms with Gasteiger partial charge in [0.05, 0.1) is 11.2 Å². The average molecular weight is 436 g/mol. The van der Waals surface area contributed by atoms with Gasteiger partial charge in [-0.05, 0) is 43.7 Å². The number of fused-ring (bicyclic) bond motifs is 1. The quantitative estimate of drug-likeness (QED) is 0.364. The lowest BCUT2D eigenvalue weighted by Crippen LogP contribution is -2.05. The molecule has 0 atom stereocenters. The Morgan fingerprint density at radius 1 is 1.19 bits per heavy atom. The van der Waals surface area contributed by atoms with Crippen molar-refractivity contribution >= 4 is 33.9 Å². The number of nitrogens with zero attached hydrogens (tertiary/aromatic N) is 4. The van der Waals surface area contributed by atoms with E-state index in [0.717, 1.165) is 35.2 Å². The third kappa shape index (κ3) is 4.65. The second kappa shape index (κ2) is 9.55. The van der Waals surface area contributed by atoms with Gasteiger partial charge in [0.1, 0.15) is 17.9 Å². The number of rotatable bonds is 9. The molecule has 0 radical (unpaired) electrons. The maximum atomic E-state index is 6.36. The molecular formula is C22H22ClN7O. The van der Waals surface area contributed by atoms with E-state index in [1.54, 1.807) is 30.9 Å². The number of halogens is 1. The normalized spacial score (nSPS) is 10.9. The van der Waals surface area contributed by atoms with E-state index >= 15 is 0 Å². The Kier molecular flexibility index (Phi) is 6.40. The predicted octanol–water partition coefficient (Wildman–Crippen LogP) is 3.95. The van der Waals surface area contributed by atoms with Crippen LogP contribution in [-0.4, -0.2) is 31.7 Å². The van der Waals surface area contributed by atoms with Gasteiger partial charge in [-0.2, -0.15) is 5.10 Å². The van der Waals surface area contributed by atoms with Crippen LogP contribution in [0.15, 0.2) is 55.6 Å². The third-order valence-corrected chi connectivity index (χ3v) is 5.04. The van der Waals surface area contributed by atoms with Gasteiger partial charge in [-0.25, -0.2) is 9.97 Å². The Balaban J connectivity index is 1.60. The highest BCUT2D eigenvalue weighted by Crippen LogP contribution is 2.34. The van der Waals surface area contributed by atoms with Crippen molar-refractivity contribution < 1.29 is 4.74 Å². The zero-order valence-electron chi connectivity index (χ0n) is 16.8. The molecule has 1 aromatic carbocycles. The third-order valence-electron chi connectivity index (χ3n) is 4.74. The van der Waals surface area contributed by atoms with Crippen LogP contribution in [0.1, 0.15) is 23.5 Å². The van der Waals surface area contributed by atoms with Crippen LogP contribution in [0.2, 0.25) is 5.02 Å². The van der Waals surface area contributed by atoms with Crippen LogP contribution in [0.25, 0.3) is 16.6 Å². The summed E-state index contributed by atoms with van der Waals surface area (Å²) in [6.07, 6.45) is 8.30. The topological polar surface area (TPSA) is 115 Å². The fourth-order valence-corrected chi connectivity index (χ4v) is 3.44. The molecule has 4 aromatic rings. The number of aromatic nitrogens is 5. The number of H-pyrrole nitrogens is 1. The Hall–Kier alpha value is -3.49. The Morgan fingerprint density at radius 3 is 2.84 bits per heavy atom. The molecule has 4 N–H and O–H groups in total. The summed E-state index contributed by atoms with van der Waals surface area (Å²) in [5, 5.41) is 12.4. The number of hydrogen-bond acceptors (Lipinski definition) is 7. The van der Waals surface area contributed by atoms with Gasteiger partial charge in [-0.15, -0.1) is 0 Å². The van der Waals surface area contributed by atoms with E-state index in [0.29, 0.717) is 34.4 Å². The number of benzene rings is 1. The first-order valence-corrected chi connectivity index (χ1v) is 10.2. The van der Waals surface area contributed by atoms with Crippen molar-refractivity contribution in [2.75, 3.05) is 11.9 Å². The Morgan fingerprint density at radius 2 is 2.03 bits per heavy atom. The van der Waals surface area contributed by atoms with Gasteiger partial charge in [-0.1, -0.05) is 18.2 Å². The van der Waals surface area contributed by atoms with Gasteiger partial charge in [-0.3, -0.25) is 10.1 Å². The molecule has 31 heavy (non-hydrogen) atoms. The number of aryl methyl sites for hydroxylation is 1. The first-order valence-electron chi connectivity index (χ1n) is 9.82. The summed E-state index contributed by atoms with van der Waals surface area (Å²) < 4.78 is 5.91. The first-order chi connectivity index (χ1) is 15.2. The molecule has 0 fully saturated rings. The van der Waals surface area contributed by atoms with Crippen LogP contribution in [-0.2, 0) is 13.0 Å². The van der Waals surface area contributed by atoms with E-state index in [2.05, 4.69) is 37.0 Å². The second-order valence-corrected chi connectivity index (χ2v) is 7.25. The number of hydrogen-bond donors (Lipinski definition) is 3. The van der Waals surface area contributed by atoms with Gasteiger partial charge in [0.25, 0.3) is 0 Å². The zero-order valence-corrected chi connectivity index (χ0v) is 17.6. The molecule has 0 aliphatic carbocycles. The monoisotopic (exact) mass is 435 g/mol. The smallest absolute Gasteiger partial charge is 0.166 e. The number of ether oxygens (including phenoxy) is 1. The largest absolute Gasteiger partial charge is 0.483 e. The van der Waals surface area contributed by atoms with Gasteiger partial charge in [0.15, 0.2) is 5.82 Å². The average Bonchev–Trinajstić information content (AvgIpc) is 3.24. The molecule has 0 saturated heterocycles. The molecule has 3 aromatic heterocycles. The molecule has 158 valence electrons. The number of aromatic amines is 1. The minimum absolute atomic E-state index is 0.225. The van der Waals surface area contributed by atoms with Crippen LogP contribution >= 0.6 is 11.6 Å². The number of anilines is 1. The van der Waals surface area contributed by atoms with Crippen LogP contribution in [0.3, 0.4) is 0 Å². The molecule has 0 aliphatic heterocycles. The van der Waals surface area contributed by atoms with Crippen molar-refractivity contribution in [1.82, 2.24) is 25.1 Å². The lowest BCUT2D eigenvalue weighted by Gasteiger charge is -2.15. The van der Waals surface area contributed by atoms with Crippen LogP contribution in [0.5, 0.6) is 5.75 Å². The molecule has 0 amide bonds. The molecule has 0 unspecified atom stereocenters. The van der Waals surface area contributed by atoms with Crippen molar-refractivity contribution in [2.45, 2.75) is 19.4 Å². The number of pyridine rings is 1. The van der Waals surface area contributed by atoms with E-state index in [1.807, 2.05) is 18.2 Å². The highest BCUT2D eigenvalue weighted by Gasteiger charge is 2.15. The molecular weight excluding hydrogens is 414 g/mol. The molecule has 0 bridgehead atoms. The van der Waals surface area contributed by atoms with Crippen LogP contribution in [0.4, 0.5) is 5.69 Å². The maximum absolute atomic E-state index is 6.36. The molecule has 0 aliphatic rings. The predicted molar refractivity (Wildman–Crippen MR) is 122 cm³/mol. The lowest BCUT2D eigenvalue weighted by molar-refractivity contribution is 0.294. The summed E-state index contributed by atoms with van der Waals surface area (Å²) in [6, 6.07) is 7.32. The summed E-state index contributed by atoms with van der Waals surface area (Å²) >= 11 is 6.36. The van der Waals surface area contributed by atoms with Crippen molar-refractivity contribution in [3.05, 3.63) is 77.7 Å². The molecule has 9 heteroatoms. The second-order valence-electron chi connectivity index (χ2n) is 6.84. The van der Waals surface area contributed by atoms with E-state index in [4.69, 9.17) is 22.1 Å². The van der Waals surface area contributed by atoms with Crippen molar-refractivity contribution in [1.29, 1.82) is 0 Å². The molecule has 8 nitrogen and oxygen atoms in total. The highest BCUT2D eigenvalue weighted by molar-refractivity contribution is 6.35. The SMILES string of the molecule is C=C(Nc1ccc(Cl)c2n[nH]c(CCCN)c12)c1ccncc1OCc1ncccn1. The van der Waals surface area contributed by atoms with Gasteiger partial charge in [0.2, 0.25) is 0 Å². The highest BCUT2D eigenvalue weighted by atomic mass is 35.5. The minimum atomic E-state index is 0.225. The molecule has 3 heterocycles. The number of nitrogens with two attached hydrogens (primary N) is 1. The minimum Gasteiger partial charge on any atom is -0.483 e. The Bertz CT molecular complexity index is 1190. The standard InChI is InChI=1S/C22H22ClN7O/c1-14(15-7-11-25-12-19(15)31-13-20-26-9-3-10-27-20)28-17-6-5-16(23)22-21(17)18(29-30-22)4-2-8-24/h3,5-7,9-12,28H,1-2,4,8,13,24H2,(H,29,30). The summed E-state index contributed by atoms with van der Waals surface area (Å²) in [7, 11) is 0. The van der Waals surface area contributed by atoms with E-state index in [9.17, 15) is 0 Å². The van der Waals surface area contributed by atoms with E-state index in [1.165, 1.54) is 0 Å². The zero-order chi connectivity index (χ0) is 21.6. The van der Waals surface area contributed by atoms with Crippen molar-refractivity contribution in [2.24, 2.45) is 5.73 Å². The number of nitrogens with one attached hydrogen (secondary N) is 2. The fraction of sp³-hybridized carbons (Fsp3) is 0.182. The van der Waals surface area contributed by atoms with Crippen molar-refractivity contribution in [3.8, 4) is 5.75 Å².